The van der Waals surface area contributed by atoms with Crippen LogP contribution in [0.1, 0.15) is 39.2 Å². The standard InChI is InChI=1S/C12H18N4O2/c1-4-6-10(16-15-8(3)5-2)9-7-13-12(18)14-11(9)17/h6-8H,4-5H2,1-3H3,(H2,13,14,17,18)/b10-6-,16-15-. The molecule has 0 amide bonds. The van der Waals surface area contributed by atoms with Crippen molar-refractivity contribution in [2.24, 2.45) is 10.2 Å². The van der Waals surface area contributed by atoms with Gasteiger partial charge in [0.25, 0.3) is 5.56 Å². The Balaban J connectivity index is 3.14. The van der Waals surface area contributed by atoms with Gasteiger partial charge in [-0.05, 0) is 19.8 Å². The van der Waals surface area contributed by atoms with E-state index in [0.717, 1.165) is 12.8 Å². The minimum atomic E-state index is -0.529. The number of hydrogen-bond donors (Lipinski definition) is 2. The Morgan fingerprint density at radius 2 is 2.17 bits per heavy atom. The molecule has 0 aliphatic carbocycles. The van der Waals surface area contributed by atoms with E-state index in [4.69, 9.17) is 0 Å². The molecule has 6 heteroatoms. The molecule has 0 aliphatic rings. The highest BCUT2D eigenvalue weighted by atomic mass is 16.2. The Kier molecular flexibility index (Phi) is 5.23. The highest BCUT2D eigenvalue weighted by molar-refractivity contribution is 5.62. The van der Waals surface area contributed by atoms with Gasteiger partial charge in [-0.25, -0.2) is 4.79 Å². The van der Waals surface area contributed by atoms with Gasteiger partial charge in [-0.15, -0.1) is 0 Å². The second-order valence-electron chi connectivity index (χ2n) is 3.96. The third kappa shape index (κ3) is 3.80. The van der Waals surface area contributed by atoms with E-state index in [1.807, 2.05) is 20.8 Å². The molecule has 0 saturated carbocycles. The summed E-state index contributed by atoms with van der Waals surface area (Å²) in [7, 11) is 0. The molecular formula is C12H18N4O2. The zero-order valence-electron chi connectivity index (χ0n) is 10.9. The van der Waals surface area contributed by atoms with Gasteiger partial charge < -0.3 is 4.98 Å². The predicted molar refractivity (Wildman–Crippen MR) is 70.6 cm³/mol. The van der Waals surface area contributed by atoms with Crippen LogP contribution in [0.2, 0.25) is 0 Å². The van der Waals surface area contributed by atoms with Crippen LogP contribution >= 0.6 is 0 Å². The van der Waals surface area contributed by atoms with Crippen LogP contribution in [0.4, 0.5) is 0 Å². The van der Waals surface area contributed by atoms with Crippen LogP contribution in [-0.4, -0.2) is 16.0 Å². The van der Waals surface area contributed by atoms with Crippen LogP contribution in [-0.2, 0) is 0 Å². The van der Waals surface area contributed by atoms with Crippen molar-refractivity contribution in [2.75, 3.05) is 0 Å². The van der Waals surface area contributed by atoms with E-state index in [9.17, 15) is 9.59 Å². The molecule has 0 spiro atoms. The molecule has 98 valence electrons. The summed E-state index contributed by atoms with van der Waals surface area (Å²) in [4.78, 5) is 27.2. The molecule has 0 aromatic carbocycles. The first-order chi connectivity index (χ1) is 8.58. The molecule has 0 fully saturated rings. The van der Waals surface area contributed by atoms with Crippen LogP contribution in [0, 0.1) is 0 Å². The summed E-state index contributed by atoms with van der Waals surface area (Å²) < 4.78 is 0. The lowest BCUT2D eigenvalue weighted by atomic mass is 10.2. The van der Waals surface area contributed by atoms with Gasteiger partial charge in [0.1, 0.15) is 0 Å². The van der Waals surface area contributed by atoms with Gasteiger partial charge in [0.2, 0.25) is 0 Å². The number of rotatable bonds is 5. The Morgan fingerprint density at radius 3 is 2.72 bits per heavy atom. The van der Waals surface area contributed by atoms with Crippen molar-refractivity contribution in [3.05, 3.63) is 38.7 Å². The van der Waals surface area contributed by atoms with Gasteiger partial charge in [0.15, 0.2) is 0 Å². The molecule has 0 aliphatic heterocycles. The monoisotopic (exact) mass is 250 g/mol. The van der Waals surface area contributed by atoms with Gasteiger partial charge in [-0.1, -0.05) is 19.9 Å². The highest BCUT2D eigenvalue weighted by Gasteiger charge is 2.06. The van der Waals surface area contributed by atoms with Crippen LogP contribution in [0.5, 0.6) is 0 Å². The Hall–Kier alpha value is -1.98. The molecule has 18 heavy (non-hydrogen) atoms. The first-order valence-electron chi connectivity index (χ1n) is 6.01. The molecule has 6 nitrogen and oxygen atoms in total. The van der Waals surface area contributed by atoms with Gasteiger partial charge in [0.05, 0.1) is 17.3 Å². The largest absolute Gasteiger partial charge is 0.325 e. The van der Waals surface area contributed by atoms with Crippen LogP contribution in [0.15, 0.2) is 32.1 Å². The second-order valence-corrected chi connectivity index (χ2v) is 3.96. The quantitative estimate of drug-likeness (QED) is 0.783. The van der Waals surface area contributed by atoms with Crippen LogP contribution < -0.4 is 11.2 Å². The smallest absolute Gasteiger partial charge is 0.313 e. The maximum Gasteiger partial charge on any atom is 0.325 e. The molecular weight excluding hydrogens is 232 g/mol. The molecule has 1 aromatic rings. The number of aromatic nitrogens is 2. The summed E-state index contributed by atoms with van der Waals surface area (Å²) in [5.41, 5.74) is -0.182. The van der Waals surface area contributed by atoms with Gasteiger partial charge in [-0.2, -0.15) is 10.2 Å². The number of hydrogen-bond acceptors (Lipinski definition) is 4. The average molecular weight is 250 g/mol. The first kappa shape index (κ1) is 14.1. The van der Waals surface area contributed by atoms with Crippen LogP contribution in [0.25, 0.3) is 5.70 Å². The highest BCUT2D eigenvalue weighted by Crippen LogP contribution is 2.13. The van der Waals surface area contributed by atoms with Crippen molar-refractivity contribution in [2.45, 2.75) is 39.7 Å². The Labute approximate surface area is 105 Å². The van der Waals surface area contributed by atoms with E-state index >= 15 is 0 Å². The molecule has 1 heterocycles. The van der Waals surface area contributed by atoms with E-state index in [1.54, 1.807) is 6.08 Å². The van der Waals surface area contributed by atoms with Crippen molar-refractivity contribution in [1.29, 1.82) is 0 Å². The Morgan fingerprint density at radius 1 is 1.44 bits per heavy atom. The summed E-state index contributed by atoms with van der Waals surface area (Å²) >= 11 is 0. The van der Waals surface area contributed by atoms with Gasteiger partial charge in [0, 0.05) is 6.20 Å². The summed E-state index contributed by atoms with van der Waals surface area (Å²) in [5, 5.41) is 8.20. The van der Waals surface area contributed by atoms with Crippen molar-refractivity contribution in [1.82, 2.24) is 9.97 Å². The zero-order valence-corrected chi connectivity index (χ0v) is 10.9. The van der Waals surface area contributed by atoms with Crippen molar-refractivity contribution >= 4 is 5.70 Å². The number of nitrogens with zero attached hydrogens (tertiary/aromatic N) is 2. The minimum absolute atomic E-state index is 0.104. The van der Waals surface area contributed by atoms with Gasteiger partial charge in [-0.3, -0.25) is 9.78 Å². The Bertz CT molecular complexity index is 554. The number of allylic oxidation sites excluding steroid dienone is 1. The fourth-order valence-corrected chi connectivity index (χ4v) is 1.24. The summed E-state index contributed by atoms with van der Waals surface area (Å²) in [5.74, 6) is 0. The predicted octanol–water partition coefficient (Wildman–Crippen LogP) is 2.06. The van der Waals surface area contributed by atoms with E-state index in [1.165, 1.54) is 6.20 Å². The lowest BCUT2D eigenvalue weighted by Crippen LogP contribution is -2.24. The molecule has 1 unspecified atom stereocenters. The minimum Gasteiger partial charge on any atom is -0.313 e. The molecule has 0 bridgehead atoms. The average Bonchev–Trinajstić information content (AvgIpc) is 2.34. The fraction of sp³-hybridized carbons (Fsp3) is 0.500. The third-order valence-electron chi connectivity index (χ3n) is 2.45. The molecule has 0 saturated heterocycles. The third-order valence-corrected chi connectivity index (χ3v) is 2.45. The summed E-state index contributed by atoms with van der Waals surface area (Å²) in [6.07, 6.45) is 4.77. The van der Waals surface area contributed by atoms with E-state index in [2.05, 4.69) is 20.2 Å². The van der Waals surface area contributed by atoms with Gasteiger partial charge >= 0.3 is 5.69 Å². The zero-order chi connectivity index (χ0) is 13.5. The SMILES string of the molecule is CC/C=C(\N=N/C(C)CC)c1c[nH]c(=O)[nH]c1=O. The molecule has 1 atom stereocenters. The maximum absolute atomic E-state index is 11.7. The number of aromatic amines is 2. The fourth-order valence-electron chi connectivity index (χ4n) is 1.24. The first-order valence-corrected chi connectivity index (χ1v) is 6.01. The lowest BCUT2D eigenvalue weighted by molar-refractivity contribution is 0.681. The number of H-pyrrole nitrogens is 2. The molecule has 1 rings (SSSR count). The second kappa shape index (κ2) is 6.68. The van der Waals surface area contributed by atoms with Crippen molar-refractivity contribution < 1.29 is 0 Å². The van der Waals surface area contributed by atoms with Crippen LogP contribution in [0.3, 0.4) is 0 Å². The molecule has 2 N–H and O–H groups in total. The number of azo groups is 1. The van der Waals surface area contributed by atoms with E-state index in [0.29, 0.717) is 11.3 Å². The lowest BCUT2D eigenvalue weighted by Gasteiger charge is -2.02. The summed E-state index contributed by atoms with van der Waals surface area (Å²) in [6, 6.07) is 0.104. The summed E-state index contributed by atoms with van der Waals surface area (Å²) in [6.45, 7) is 5.91. The topological polar surface area (TPSA) is 90.4 Å². The molecule has 1 aromatic heterocycles. The maximum atomic E-state index is 11.7. The normalized spacial score (nSPS) is 14.1. The number of nitrogens with one attached hydrogen (secondary N) is 2. The molecule has 0 radical (unpaired) electrons. The van der Waals surface area contributed by atoms with E-state index < -0.39 is 11.2 Å². The van der Waals surface area contributed by atoms with E-state index in [-0.39, 0.29) is 6.04 Å². The van der Waals surface area contributed by atoms with Crippen molar-refractivity contribution in [3.8, 4) is 0 Å². The van der Waals surface area contributed by atoms with Crippen molar-refractivity contribution in [3.63, 3.8) is 0 Å².